The second kappa shape index (κ2) is 14.0. The highest BCUT2D eigenvalue weighted by Crippen LogP contribution is 2.26. The Labute approximate surface area is 229 Å². The molecule has 0 aliphatic heterocycles. The fourth-order valence-corrected chi connectivity index (χ4v) is 4.47. The molecule has 0 aliphatic rings. The van der Waals surface area contributed by atoms with Gasteiger partial charge >= 0.3 is 0 Å². The lowest BCUT2D eigenvalue weighted by Gasteiger charge is -2.26. The van der Waals surface area contributed by atoms with E-state index in [1.165, 1.54) is 11.1 Å². The van der Waals surface area contributed by atoms with Gasteiger partial charge in [0.1, 0.15) is 11.5 Å². The molecule has 7 heteroatoms. The second-order valence-corrected chi connectivity index (χ2v) is 9.66. The van der Waals surface area contributed by atoms with Crippen LogP contribution in [0.1, 0.15) is 18.1 Å². The first-order valence-electron chi connectivity index (χ1n) is 12.5. The molecule has 4 rings (SSSR count). The van der Waals surface area contributed by atoms with E-state index >= 15 is 0 Å². The van der Waals surface area contributed by atoms with Crippen molar-refractivity contribution >= 4 is 34.0 Å². The number of benzene rings is 4. The lowest BCUT2D eigenvalue weighted by Crippen LogP contribution is -2.28. The molecule has 194 valence electrons. The van der Waals surface area contributed by atoms with E-state index in [0.29, 0.717) is 13.1 Å². The number of thioether (sulfide) groups is 1. The van der Waals surface area contributed by atoms with Crippen LogP contribution in [0.3, 0.4) is 0 Å². The van der Waals surface area contributed by atoms with Crippen molar-refractivity contribution in [2.24, 2.45) is 15.2 Å². The van der Waals surface area contributed by atoms with Gasteiger partial charge in [-0.1, -0.05) is 61.2 Å². The molecule has 0 aliphatic carbocycles. The Kier molecular flexibility index (Phi) is 9.93. The SMILES string of the molecule is CCSC(=Nc1ccc(N=Nc2ccccc2)cc1)N(Cc1ccc(OC)cc1)Cc1ccc(OC)cc1. The quantitative estimate of drug-likeness (QED) is 0.118. The molecule has 4 aromatic rings. The van der Waals surface area contributed by atoms with E-state index in [1.807, 2.05) is 78.9 Å². The minimum absolute atomic E-state index is 0.714. The molecular formula is C31H32N4O2S. The number of hydrogen-bond donors (Lipinski definition) is 0. The van der Waals surface area contributed by atoms with Crippen LogP contribution in [0.25, 0.3) is 0 Å². The Morgan fingerprint density at radius 1 is 0.632 bits per heavy atom. The lowest BCUT2D eigenvalue weighted by molar-refractivity contribution is 0.405. The summed E-state index contributed by atoms with van der Waals surface area (Å²) >= 11 is 1.73. The number of hydrogen-bond acceptors (Lipinski definition) is 6. The van der Waals surface area contributed by atoms with E-state index in [-0.39, 0.29) is 0 Å². The molecule has 0 fully saturated rings. The van der Waals surface area contributed by atoms with Gasteiger partial charge in [0.15, 0.2) is 5.17 Å². The molecule has 0 saturated heterocycles. The molecule has 0 heterocycles. The first-order valence-corrected chi connectivity index (χ1v) is 13.4. The Morgan fingerprint density at radius 2 is 1.11 bits per heavy atom. The zero-order chi connectivity index (χ0) is 26.6. The average Bonchev–Trinajstić information content (AvgIpc) is 2.97. The summed E-state index contributed by atoms with van der Waals surface area (Å²) in [6, 6.07) is 33.9. The first-order chi connectivity index (χ1) is 18.7. The van der Waals surface area contributed by atoms with Crippen LogP contribution in [-0.2, 0) is 13.1 Å². The maximum Gasteiger partial charge on any atom is 0.164 e. The molecule has 0 N–H and O–H groups in total. The normalized spacial score (nSPS) is 11.5. The van der Waals surface area contributed by atoms with Crippen LogP contribution in [0.4, 0.5) is 17.1 Å². The highest BCUT2D eigenvalue weighted by molar-refractivity contribution is 8.13. The second-order valence-electron chi connectivity index (χ2n) is 8.43. The summed E-state index contributed by atoms with van der Waals surface area (Å²) in [7, 11) is 3.36. The van der Waals surface area contributed by atoms with E-state index in [1.54, 1.807) is 26.0 Å². The van der Waals surface area contributed by atoms with Gasteiger partial charge in [-0.2, -0.15) is 10.2 Å². The van der Waals surface area contributed by atoms with Gasteiger partial charge in [-0.25, -0.2) is 4.99 Å². The smallest absolute Gasteiger partial charge is 0.164 e. The van der Waals surface area contributed by atoms with Crippen molar-refractivity contribution in [1.82, 2.24) is 4.90 Å². The Hall–Kier alpha value is -4.10. The minimum Gasteiger partial charge on any atom is -0.497 e. The zero-order valence-electron chi connectivity index (χ0n) is 21.9. The number of rotatable bonds is 10. The molecule has 0 radical (unpaired) electrons. The maximum absolute atomic E-state index is 5.34. The largest absolute Gasteiger partial charge is 0.497 e. The van der Waals surface area contributed by atoms with Crippen molar-refractivity contribution < 1.29 is 9.47 Å². The van der Waals surface area contributed by atoms with Crippen molar-refractivity contribution in [3.63, 3.8) is 0 Å². The van der Waals surface area contributed by atoms with Crippen molar-refractivity contribution in [2.75, 3.05) is 20.0 Å². The molecule has 0 spiro atoms. The molecule has 6 nitrogen and oxygen atoms in total. The Balaban J connectivity index is 1.59. The van der Waals surface area contributed by atoms with Gasteiger partial charge in [0.2, 0.25) is 0 Å². The van der Waals surface area contributed by atoms with Gasteiger partial charge in [-0.15, -0.1) is 0 Å². The molecule has 0 saturated carbocycles. The third-order valence-corrected chi connectivity index (χ3v) is 6.62. The molecule has 0 atom stereocenters. The summed E-state index contributed by atoms with van der Waals surface area (Å²) in [6.07, 6.45) is 0. The lowest BCUT2D eigenvalue weighted by atomic mass is 10.1. The molecular weight excluding hydrogens is 492 g/mol. The number of nitrogens with zero attached hydrogens (tertiary/aromatic N) is 4. The molecule has 38 heavy (non-hydrogen) atoms. The first kappa shape index (κ1) is 26.9. The van der Waals surface area contributed by atoms with Gasteiger partial charge in [-0.05, 0) is 77.5 Å². The van der Waals surface area contributed by atoms with Crippen molar-refractivity contribution in [1.29, 1.82) is 0 Å². The Morgan fingerprint density at radius 3 is 1.58 bits per heavy atom. The molecule has 0 aromatic heterocycles. The third-order valence-electron chi connectivity index (χ3n) is 5.72. The summed E-state index contributed by atoms with van der Waals surface area (Å²) in [5.41, 5.74) is 4.84. The Bertz CT molecular complexity index is 1270. The van der Waals surface area contributed by atoms with E-state index in [2.05, 4.69) is 46.3 Å². The highest BCUT2D eigenvalue weighted by Gasteiger charge is 2.14. The summed E-state index contributed by atoms with van der Waals surface area (Å²) in [5.74, 6) is 2.60. The number of ether oxygens (including phenoxy) is 2. The standard InChI is InChI=1S/C31H32N4O2S/c1-4-38-31(32-26-14-16-28(17-15-26)34-33-27-8-6-5-7-9-27)35(22-24-10-18-29(36-2)19-11-24)23-25-12-20-30(37-3)21-13-25/h5-21H,4,22-23H2,1-3H3. The number of aliphatic imine (C=N–C) groups is 1. The highest BCUT2D eigenvalue weighted by atomic mass is 32.2. The summed E-state index contributed by atoms with van der Waals surface area (Å²) in [6.45, 7) is 3.57. The maximum atomic E-state index is 5.34. The third kappa shape index (κ3) is 7.95. The van der Waals surface area contributed by atoms with Crippen LogP contribution in [0.2, 0.25) is 0 Å². The van der Waals surface area contributed by atoms with Crippen LogP contribution in [0.15, 0.2) is 118 Å². The van der Waals surface area contributed by atoms with Crippen LogP contribution in [-0.4, -0.2) is 30.0 Å². The van der Waals surface area contributed by atoms with E-state index in [0.717, 1.165) is 39.5 Å². The number of azo groups is 1. The number of amidine groups is 1. The van der Waals surface area contributed by atoms with E-state index in [9.17, 15) is 0 Å². The molecule has 4 aromatic carbocycles. The molecule has 0 unspecified atom stereocenters. The van der Waals surface area contributed by atoms with Crippen molar-refractivity contribution in [3.8, 4) is 11.5 Å². The summed E-state index contributed by atoms with van der Waals surface area (Å²) < 4.78 is 10.7. The monoisotopic (exact) mass is 524 g/mol. The van der Waals surface area contributed by atoms with Gasteiger partial charge < -0.3 is 14.4 Å². The predicted molar refractivity (Wildman–Crippen MR) is 158 cm³/mol. The van der Waals surface area contributed by atoms with Crippen LogP contribution >= 0.6 is 11.8 Å². The van der Waals surface area contributed by atoms with Crippen molar-refractivity contribution in [3.05, 3.63) is 114 Å². The van der Waals surface area contributed by atoms with Gasteiger partial charge in [-0.3, -0.25) is 0 Å². The van der Waals surface area contributed by atoms with E-state index < -0.39 is 0 Å². The van der Waals surface area contributed by atoms with Crippen LogP contribution in [0.5, 0.6) is 11.5 Å². The predicted octanol–water partition coefficient (Wildman–Crippen LogP) is 8.56. The van der Waals surface area contributed by atoms with Gasteiger partial charge in [0, 0.05) is 13.1 Å². The number of methoxy groups -OCH3 is 2. The fourth-order valence-electron chi connectivity index (χ4n) is 3.73. The minimum atomic E-state index is 0.714. The summed E-state index contributed by atoms with van der Waals surface area (Å²) in [5, 5.41) is 9.61. The zero-order valence-corrected chi connectivity index (χ0v) is 22.8. The van der Waals surface area contributed by atoms with Crippen molar-refractivity contribution in [2.45, 2.75) is 20.0 Å². The van der Waals surface area contributed by atoms with Gasteiger partial charge in [0.05, 0.1) is 31.3 Å². The average molecular weight is 525 g/mol. The van der Waals surface area contributed by atoms with Crippen LogP contribution < -0.4 is 9.47 Å². The van der Waals surface area contributed by atoms with Gasteiger partial charge in [0.25, 0.3) is 0 Å². The topological polar surface area (TPSA) is 58.8 Å². The van der Waals surface area contributed by atoms with E-state index in [4.69, 9.17) is 14.5 Å². The van der Waals surface area contributed by atoms with Crippen LogP contribution in [0, 0.1) is 0 Å². The molecule has 0 bridgehead atoms. The fraction of sp³-hybridized carbons (Fsp3) is 0.194. The summed E-state index contributed by atoms with van der Waals surface area (Å²) in [4.78, 5) is 7.36. The molecule has 0 amide bonds.